The van der Waals surface area contributed by atoms with Crippen molar-refractivity contribution in [2.45, 2.75) is 0 Å². The topological polar surface area (TPSA) is 78.2 Å². The quantitative estimate of drug-likeness (QED) is 0.543. The molecular weight excluding hydrogens is 158 g/mol. The van der Waals surface area contributed by atoms with Crippen molar-refractivity contribution in [3.8, 4) is 0 Å². The summed E-state index contributed by atoms with van der Waals surface area (Å²) in [5, 5.41) is 7.32. The maximum absolute atomic E-state index is 11.2. The number of rotatable bonds is 0. The second-order valence-electron chi connectivity index (χ2n) is 2.46. The van der Waals surface area contributed by atoms with Crippen molar-refractivity contribution in [1.29, 1.82) is 0 Å². The van der Waals surface area contributed by atoms with Gasteiger partial charge in [-0.2, -0.15) is 0 Å². The Morgan fingerprint density at radius 3 is 2.92 bits per heavy atom. The largest absolute Gasteiger partial charge is 0.367 e. The summed E-state index contributed by atoms with van der Waals surface area (Å²) >= 11 is 0. The molecule has 0 atom stereocenters. The van der Waals surface area contributed by atoms with Crippen LogP contribution in [-0.2, 0) is 7.05 Å². The fourth-order valence-electron chi connectivity index (χ4n) is 1.04. The van der Waals surface area contributed by atoms with Crippen LogP contribution >= 0.6 is 0 Å². The number of anilines is 1. The first-order chi connectivity index (χ1) is 5.70. The van der Waals surface area contributed by atoms with E-state index in [-0.39, 0.29) is 11.5 Å². The van der Waals surface area contributed by atoms with Gasteiger partial charge in [-0.1, -0.05) is 0 Å². The van der Waals surface area contributed by atoms with Crippen LogP contribution in [0.1, 0.15) is 0 Å². The molecule has 0 bridgehead atoms. The van der Waals surface area contributed by atoms with Crippen LogP contribution in [0.15, 0.2) is 17.1 Å². The molecule has 2 N–H and O–H groups in total. The summed E-state index contributed by atoms with van der Waals surface area (Å²) in [7, 11) is 1.77. The van der Waals surface area contributed by atoms with Crippen LogP contribution in [0.4, 0.5) is 5.95 Å². The molecule has 0 saturated carbocycles. The Morgan fingerprint density at radius 2 is 2.25 bits per heavy atom. The zero-order valence-corrected chi connectivity index (χ0v) is 6.43. The van der Waals surface area contributed by atoms with Crippen LogP contribution < -0.4 is 11.3 Å². The zero-order valence-electron chi connectivity index (χ0n) is 6.43. The van der Waals surface area contributed by atoms with Crippen LogP contribution in [0.5, 0.6) is 0 Å². The molecule has 2 heterocycles. The van der Waals surface area contributed by atoms with Gasteiger partial charge in [0.2, 0.25) is 11.7 Å². The Bertz CT molecular complexity index is 482. The minimum atomic E-state index is -0.217. The Morgan fingerprint density at radius 1 is 1.50 bits per heavy atom. The van der Waals surface area contributed by atoms with Gasteiger partial charge in [0.1, 0.15) is 0 Å². The fraction of sp³-hybridized carbons (Fsp3) is 0.167. The molecule has 12 heavy (non-hydrogen) atoms. The molecule has 2 aromatic rings. The lowest BCUT2D eigenvalue weighted by Gasteiger charge is -1.97. The fourth-order valence-corrected chi connectivity index (χ4v) is 1.04. The third-order valence-electron chi connectivity index (χ3n) is 1.65. The van der Waals surface area contributed by atoms with Gasteiger partial charge in [-0.15, -0.1) is 10.2 Å². The summed E-state index contributed by atoms with van der Waals surface area (Å²) < 4.78 is 2.92. The second-order valence-corrected chi connectivity index (χ2v) is 2.46. The van der Waals surface area contributed by atoms with Crippen LogP contribution in [0.3, 0.4) is 0 Å². The van der Waals surface area contributed by atoms with E-state index < -0.39 is 0 Å². The number of nitrogens with two attached hydrogens (primary N) is 1. The Hall–Kier alpha value is -1.85. The molecular formula is C6H7N5O. The van der Waals surface area contributed by atoms with Gasteiger partial charge in [-0.3, -0.25) is 4.79 Å². The molecule has 0 unspecified atom stereocenters. The second kappa shape index (κ2) is 2.07. The van der Waals surface area contributed by atoms with Gasteiger partial charge in [0.15, 0.2) is 0 Å². The van der Waals surface area contributed by atoms with Crippen molar-refractivity contribution in [3.05, 3.63) is 22.6 Å². The average Bonchev–Trinajstić information content (AvgIpc) is 2.42. The van der Waals surface area contributed by atoms with Crippen LogP contribution in [0, 0.1) is 0 Å². The van der Waals surface area contributed by atoms with E-state index in [1.54, 1.807) is 17.8 Å². The van der Waals surface area contributed by atoms with Crippen molar-refractivity contribution >= 4 is 11.7 Å². The highest BCUT2D eigenvalue weighted by Gasteiger charge is 2.04. The first kappa shape index (κ1) is 6.84. The Labute approximate surface area is 67.3 Å². The first-order valence-corrected chi connectivity index (χ1v) is 3.36. The van der Waals surface area contributed by atoms with Crippen molar-refractivity contribution < 1.29 is 0 Å². The highest BCUT2D eigenvalue weighted by Crippen LogP contribution is 1.98. The minimum absolute atomic E-state index is 0.117. The summed E-state index contributed by atoms with van der Waals surface area (Å²) in [6, 6.07) is 1.41. The third kappa shape index (κ3) is 0.714. The molecule has 0 radical (unpaired) electrons. The van der Waals surface area contributed by atoms with E-state index in [9.17, 15) is 4.79 Å². The van der Waals surface area contributed by atoms with Crippen LogP contribution in [0.2, 0.25) is 0 Å². The third-order valence-corrected chi connectivity index (χ3v) is 1.65. The lowest BCUT2D eigenvalue weighted by molar-refractivity contribution is 0.866. The lowest BCUT2D eigenvalue weighted by atomic mass is 10.6. The van der Waals surface area contributed by atoms with Crippen LogP contribution in [-0.4, -0.2) is 19.2 Å². The molecule has 62 valence electrons. The average molecular weight is 165 g/mol. The summed E-state index contributed by atoms with van der Waals surface area (Å²) in [4.78, 5) is 11.2. The highest BCUT2D eigenvalue weighted by molar-refractivity contribution is 5.35. The van der Waals surface area contributed by atoms with Gasteiger partial charge >= 0.3 is 0 Å². The standard InChI is InChI=1S/C6H7N5O/c1-10-3-2-4(12)11-5(7)8-9-6(10)11/h2-3H,1H3,(H2,7,8). The van der Waals surface area contributed by atoms with E-state index in [4.69, 9.17) is 5.73 Å². The number of aromatic nitrogens is 4. The van der Waals surface area contributed by atoms with E-state index >= 15 is 0 Å². The van der Waals surface area contributed by atoms with Gasteiger partial charge in [0.25, 0.3) is 5.56 Å². The SMILES string of the molecule is Cn1ccc(=O)n2c(N)nnc12. The Kier molecular flexibility index (Phi) is 1.18. The molecule has 0 aromatic carbocycles. The van der Waals surface area contributed by atoms with E-state index in [1.165, 1.54) is 10.5 Å². The van der Waals surface area contributed by atoms with Gasteiger partial charge in [-0.05, 0) is 0 Å². The molecule has 0 spiro atoms. The van der Waals surface area contributed by atoms with E-state index in [2.05, 4.69) is 10.2 Å². The molecule has 0 aliphatic carbocycles. The van der Waals surface area contributed by atoms with Gasteiger partial charge in [0, 0.05) is 19.3 Å². The van der Waals surface area contributed by atoms with Crippen LogP contribution in [0.25, 0.3) is 5.78 Å². The number of aryl methyl sites for hydroxylation is 1. The predicted octanol–water partition coefficient (Wildman–Crippen LogP) is -0.990. The van der Waals surface area contributed by atoms with Crippen molar-refractivity contribution in [2.75, 3.05) is 5.73 Å². The summed E-state index contributed by atoms with van der Waals surface area (Å²) in [6.07, 6.45) is 1.62. The summed E-state index contributed by atoms with van der Waals surface area (Å²) in [6.45, 7) is 0. The molecule has 6 heteroatoms. The predicted molar refractivity (Wildman–Crippen MR) is 42.6 cm³/mol. The Balaban J connectivity index is 3.09. The van der Waals surface area contributed by atoms with Crippen molar-refractivity contribution in [2.24, 2.45) is 7.05 Å². The maximum atomic E-state index is 11.2. The van der Waals surface area contributed by atoms with E-state index in [0.29, 0.717) is 5.78 Å². The highest BCUT2D eigenvalue weighted by atomic mass is 16.1. The molecule has 0 aliphatic heterocycles. The smallest absolute Gasteiger partial charge is 0.261 e. The number of nitrogen functional groups attached to an aromatic ring is 1. The molecule has 6 nitrogen and oxygen atoms in total. The van der Waals surface area contributed by atoms with Crippen molar-refractivity contribution in [1.82, 2.24) is 19.2 Å². The van der Waals surface area contributed by atoms with Gasteiger partial charge in [0.05, 0.1) is 0 Å². The lowest BCUT2D eigenvalue weighted by Crippen LogP contribution is -2.16. The molecule has 0 aliphatic rings. The molecule has 0 fully saturated rings. The summed E-state index contributed by atoms with van der Waals surface area (Å²) in [5.41, 5.74) is 5.20. The van der Waals surface area contributed by atoms with E-state index in [1.807, 2.05) is 0 Å². The maximum Gasteiger partial charge on any atom is 0.261 e. The number of hydrogen-bond donors (Lipinski definition) is 1. The minimum Gasteiger partial charge on any atom is -0.367 e. The molecule has 0 amide bonds. The molecule has 0 saturated heterocycles. The zero-order chi connectivity index (χ0) is 8.72. The van der Waals surface area contributed by atoms with Gasteiger partial charge in [-0.25, -0.2) is 4.40 Å². The number of nitrogens with zero attached hydrogens (tertiary/aromatic N) is 4. The molecule has 2 aromatic heterocycles. The van der Waals surface area contributed by atoms with E-state index in [0.717, 1.165) is 0 Å². The first-order valence-electron chi connectivity index (χ1n) is 3.36. The summed E-state index contributed by atoms with van der Waals surface area (Å²) in [5.74, 6) is 0.561. The molecule has 2 rings (SSSR count). The van der Waals surface area contributed by atoms with Crippen molar-refractivity contribution in [3.63, 3.8) is 0 Å². The normalized spacial score (nSPS) is 10.8. The number of hydrogen-bond acceptors (Lipinski definition) is 4. The number of fused-ring (bicyclic) bond motifs is 1. The van der Waals surface area contributed by atoms with Gasteiger partial charge < -0.3 is 10.3 Å². The monoisotopic (exact) mass is 165 g/mol.